The maximum absolute atomic E-state index is 13.5. The first-order valence-electron chi connectivity index (χ1n) is 5.35. The molecule has 1 aromatic carbocycles. The number of carbonyl (C=O) groups excluding carboxylic acids is 1. The second-order valence-corrected chi connectivity index (χ2v) is 4.09. The van der Waals surface area contributed by atoms with Gasteiger partial charge in [0.05, 0.1) is 18.5 Å². The molecule has 1 atom stereocenters. The van der Waals surface area contributed by atoms with E-state index in [0.717, 1.165) is 0 Å². The molecule has 0 aliphatic carbocycles. The zero-order valence-corrected chi connectivity index (χ0v) is 10.2. The molecule has 0 spiro atoms. The fourth-order valence-corrected chi connectivity index (χ4v) is 1.47. The number of methoxy groups -OCH3 is 1. The van der Waals surface area contributed by atoms with E-state index < -0.39 is 17.8 Å². The molecule has 94 valence electrons. The van der Waals surface area contributed by atoms with Crippen molar-refractivity contribution < 1.29 is 13.9 Å². The normalized spacial score (nSPS) is 12.3. The van der Waals surface area contributed by atoms with Crippen LogP contribution in [0.15, 0.2) is 18.2 Å². The molecule has 0 bridgehead atoms. The summed E-state index contributed by atoms with van der Waals surface area (Å²) in [5.74, 6) is -0.969. The Bertz CT molecular complexity index is 387. The van der Waals surface area contributed by atoms with E-state index in [1.165, 1.54) is 19.2 Å². The number of anilines is 2. The van der Waals surface area contributed by atoms with Crippen molar-refractivity contribution in [1.29, 1.82) is 0 Å². The number of hydrogen-bond donors (Lipinski definition) is 2. The van der Waals surface area contributed by atoms with Crippen LogP contribution in [0.2, 0.25) is 0 Å². The fourth-order valence-electron chi connectivity index (χ4n) is 1.47. The number of nitrogen functional groups attached to an aromatic ring is 1. The van der Waals surface area contributed by atoms with Gasteiger partial charge in [-0.2, -0.15) is 0 Å². The van der Waals surface area contributed by atoms with Gasteiger partial charge in [-0.1, -0.05) is 19.9 Å². The number of benzene rings is 1. The van der Waals surface area contributed by atoms with Crippen LogP contribution in [0.3, 0.4) is 0 Å². The van der Waals surface area contributed by atoms with Crippen LogP contribution < -0.4 is 11.1 Å². The molecule has 1 aromatic rings. The number of carbonyl (C=O) groups is 1. The lowest BCUT2D eigenvalue weighted by Crippen LogP contribution is -2.36. The van der Waals surface area contributed by atoms with E-state index in [4.69, 9.17) is 5.73 Å². The molecule has 5 heteroatoms. The fraction of sp³-hybridized carbons (Fsp3) is 0.417. The molecule has 0 aliphatic rings. The number of rotatable bonds is 4. The van der Waals surface area contributed by atoms with Crippen molar-refractivity contribution in [2.45, 2.75) is 19.9 Å². The van der Waals surface area contributed by atoms with Gasteiger partial charge in [-0.3, -0.25) is 0 Å². The molecule has 17 heavy (non-hydrogen) atoms. The van der Waals surface area contributed by atoms with Crippen LogP contribution in [0, 0.1) is 11.7 Å². The Hall–Kier alpha value is -1.78. The third kappa shape index (κ3) is 3.09. The molecule has 0 aliphatic heterocycles. The standard InChI is InChI=1S/C12H17FN2O2/c1-7(2)10(12(16)17-3)15-11-8(13)5-4-6-9(11)14/h4-7,10,15H,14H2,1-3H3. The number of ether oxygens (including phenoxy) is 1. The minimum absolute atomic E-state index is 0.0403. The van der Waals surface area contributed by atoms with Crippen molar-refractivity contribution in [3.05, 3.63) is 24.0 Å². The van der Waals surface area contributed by atoms with Crippen molar-refractivity contribution in [3.8, 4) is 0 Å². The van der Waals surface area contributed by atoms with Crippen molar-refractivity contribution in [2.75, 3.05) is 18.2 Å². The molecular formula is C12H17FN2O2. The van der Waals surface area contributed by atoms with Gasteiger partial charge in [-0.15, -0.1) is 0 Å². The van der Waals surface area contributed by atoms with E-state index >= 15 is 0 Å². The first kappa shape index (κ1) is 13.3. The van der Waals surface area contributed by atoms with Gasteiger partial charge in [0.2, 0.25) is 0 Å². The van der Waals surface area contributed by atoms with E-state index in [2.05, 4.69) is 10.1 Å². The Morgan fingerprint density at radius 2 is 2.12 bits per heavy atom. The molecule has 0 saturated heterocycles. The molecule has 0 fully saturated rings. The largest absolute Gasteiger partial charge is 0.467 e. The van der Waals surface area contributed by atoms with Gasteiger partial charge in [0.15, 0.2) is 0 Å². The summed E-state index contributed by atoms with van der Waals surface area (Å²) in [6, 6.07) is 3.74. The van der Waals surface area contributed by atoms with Crippen molar-refractivity contribution in [1.82, 2.24) is 0 Å². The van der Waals surface area contributed by atoms with E-state index in [-0.39, 0.29) is 17.3 Å². The quantitative estimate of drug-likeness (QED) is 0.624. The van der Waals surface area contributed by atoms with Gasteiger partial charge in [0.25, 0.3) is 0 Å². The number of halogens is 1. The van der Waals surface area contributed by atoms with E-state index in [0.29, 0.717) is 0 Å². The highest BCUT2D eigenvalue weighted by Gasteiger charge is 2.24. The predicted octanol–water partition coefficient (Wildman–Crippen LogP) is 2.02. The lowest BCUT2D eigenvalue weighted by molar-refractivity contribution is -0.142. The van der Waals surface area contributed by atoms with Crippen molar-refractivity contribution in [2.24, 2.45) is 5.92 Å². The van der Waals surface area contributed by atoms with Crippen molar-refractivity contribution >= 4 is 17.3 Å². The summed E-state index contributed by atoms with van der Waals surface area (Å²) >= 11 is 0. The van der Waals surface area contributed by atoms with Gasteiger partial charge >= 0.3 is 5.97 Å². The molecule has 3 N–H and O–H groups in total. The lowest BCUT2D eigenvalue weighted by atomic mass is 10.0. The molecule has 1 rings (SSSR count). The summed E-state index contributed by atoms with van der Waals surface area (Å²) < 4.78 is 18.2. The third-order valence-corrected chi connectivity index (χ3v) is 2.47. The van der Waals surface area contributed by atoms with Crippen LogP contribution in [-0.2, 0) is 9.53 Å². The highest BCUT2D eigenvalue weighted by molar-refractivity contribution is 5.81. The first-order chi connectivity index (χ1) is 7.97. The summed E-state index contributed by atoms with van der Waals surface area (Å²) in [6.45, 7) is 3.68. The Kier molecular flexibility index (Phi) is 4.31. The Labute approximate surface area is 100.0 Å². The molecule has 0 heterocycles. The van der Waals surface area contributed by atoms with Crippen LogP contribution in [0.1, 0.15) is 13.8 Å². The highest BCUT2D eigenvalue weighted by Crippen LogP contribution is 2.24. The SMILES string of the molecule is COC(=O)C(Nc1c(N)cccc1F)C(C)C. The second-order valence-electron chi connectivity index (χ2n) is 4.09. The molecular weight excluding hydrogens is 223 g/mol. The number of nitrogens with two attached hydrogens (primary N) is 1. The summed E-state index contributed by atoms with van der Waals surface area (Å²) in [6.07, 6.45) is 0. The second kappa shape index (κ2) is 5.52. The van der Waals surface area contributed by atoms with E-state index in [1.807, 2.05) is 13.8 Å². The minimum Gasteiger partial charge on any atom is -0.467 e. The van der Waals surface area contributed by atoms with Gasteiger partial charge in [-0.05, 0) is 18.1 Å². The maximum atomic E-state index is 13.5. The number of para-hydroxylation sites is 1. The first-order valence-corrected chi connectivity index (χ1v) is 5.35. The molecule has 1 unspecified atom stereocenters. The van der Waals surface area contributed by atoms with Gasteiger partial charge < -0.3 is 15.8 Å². The summed E-state index contributed by atoms with van der Waals surface area (Å²) in [4.78, 5) is 11.5. The van der Waals surface area contributed by atoms with E-state index in [9.17, 15) is 9.18 Å². The van der Waals surface area contributed by atoms with Gasteiger partial charge in [0.1, 0.15) is 11.9 Å². The Balaban J connectivity index is 2.98. The lowest BCUT2D eigenvalue weighted by Gasteiger charge is -2.22. The summed E-state index contributed by atoms with van der Waals surface area (Å²) in [7, 11) is 1.30. The minimum atomic E-state index is -0.626. The zero-order valence-electron chi connectivity index (χ0n) is 10.2. The molecule has 0 aromatic heterocycles. The summed E-state index contributed by atoms with van der Waals surface area (Å²) in [5.41, 5.74) is 6.06. The Morgan fingerprint density at radius 1 is 1.47 bits per heavy atom. The number of hydrogen-bond acceptors (Lipinski definition) is 4. The molecule has 0 amide bonds. The van der Waals surface area contributed by atoms with Gasteiger partial charge in [0, 0.05) is 0 Å². The smallest absolute Gasteiger partial charge is 0.328 e. The summed E-state index contributed by atoms with van der Waals surface area (Å²) in [5, 5.41) is 2.79. The number of esters is 1. The van der Waals surface area contributed by atoms with Crippen LogP contribution in [0.25, 0.3) is 0 Å². The molecule has 4 nitrogen and oxygen atoms in total. The number of nitrogens with one attached hydrogen (secondary N) is 1. The van der Waals surface area contributed by atoms with Crippen LogP contribution in [-0.4, -0.2) is 19.1 Å². The van der Waals surface area contributed by atoms with Crippen LogP contribution in [0.5, 0.6) is 0 Å². The Morgan fingerprint density at radius 3 is 2.59 bits per heavy atom. The average Bonchev–Trinajstić information content (AvgIpc) is 2.27. The topological polar surface area (TPSA) is 64.3 Å². The van der Waals surface area contributed by atoms with Crippen molar-refractivity contribution in [3.63, 3.8) is 0 Å². The van der Waals surface area contributed by atoms with Crippen LogP contribution >= 0.6 is 0 Å². The highest BCUT2D eigenvalue weighted by atomic mass is 19.1. The maximum Gasteiger partial charge on any atom is 0.328 e. The third-order valence-electron chi connectivity index (χ3n) is 2.47. The predicted molar refractivity (Wildman–Crippen MR) is 65.1 cm³/mol. The van der Waals surface area contributed by atoms with E-state index in [1.54, 1.807) is 6.07 Å². The zero-order chi connectivity index (χ0) is 13.0. The molecule has 0 radical (unpaired) electrons. The van der Waals surface area contributed by atoms with Gasteiger partial charge in [-0.25, -0.2) is 9.18 Å². The monoisotopic (exact) mass is 240 g/mol. The average molecular weight is 240 g/mol. The molecule has 0 saturated carbocycles. The van der Waals surface area contributed by atoms with Crippen LogP contribution in [0.4, 0.5) is 15.8 Å².